The van der Waals surface area contributed by atoms with Crippen molar-refractivity contribution >= 4 is 46.1 Å². The molecule has 3 rings (SSSR count). The summed E-state index contributed by atoms with van der Waals surface area (Å²) in [5.74, 6) is -0.512. The van der Waals surface area contributed by atoms with E-state index in [0.29, 0.717) is 17.4 Å². The van der Waals surface area contributed by atoms with Crippen LogP contribution in [-0.2, 0) is 22.6 Å². The first kappa shape index (κ1) is 18.1. The monoisotopic (exact) mass is 370 g/mol. The second kappa shape index (κ2) is 6.92. The number of hydrogen-bond acceptors (Lipinski definition) is 3. The molecule has 0 aliphatic carbocycles. The number of carbonyl (C=O) groups excluding carboxylic acids is 2. The van der Waals surface area contributed by atoms with Crippen LogP contribution < -0.4 is 5.73 Å². The summed E-state index contributed by atoms with van der Waals surface area (Å²) in [6, 6.07) is 6.02. The number of nitrogens with zero attached hydrogens (tertiary/aromatic N) is 3. The number of amides is 2. The van der Waals surface area contributed by atoms with Crippen molar-refractivity contribution in [1.29, 1.82) is 0 Å². The van der Waals surface area contributed by atoms with Gasteiger partial charge in [0.1, 0.15) is 12.2 Å². The molecule has 2 aromatic rings. The highest BCUT2D eigenvalue weighted by molar-refractivity contribution is 7.80. The molecular formula is C19H22N4O2S. The number of rotatable bonds is 5. The van der Waals surface area contributed by atoms with Crippen LogP contribution >= 0.6 is 12.2 Å². The van der Waals surface area contributed by atoms with E-state index in [1.807, 2.05) is 42.0 Å². The van der Waals surface area contributed by atoms with Gasteiger partial charge in [-0.05, 0) is 37.2 Å². The maximum atomic E-state index is 12.7. The number of benzene rings is 1. The summed E-state index contributed by atoms with van der Waals surface area (Å²) >= 11 is 5.35. The number of aryl methyl sites for hydroxylation is 1. The average Bonchev–Trinajstić information content (AvgIpc) is 3.05. The molecule has 1 fully saturated rings. The third kappa shape index (κ3) is 2.88. The molecule has 6 nitrogen and oxygen atoms in total. The molecule has 0 spiro atoms. The molecule has 1 aliphatic rings. The van der Waals surface area contributed by atoms with Crippen molar-refractivity contribution in [3.8, 4) is 0 Å². The first-order valence-electron chi connectivity index (χ1n) is 8.59. The quantitative estimate of drug-likeness (QED) is 0.646. The highest BCUT2D eigenvalue weighted by Crippen LogP contribution is 2.29. The van der Waals surface area contributed by atoms with Gasteiger partial charge in [0.25, 0.3) is 5.91 Å². The first-order valence-corrected chi connectivity index (χ1v) is 9.00. The summed E-state index contributed by atoms with van der Waals surface area (Å²) in [6.45, 7) is 4.59. The minimum atomic E-state index is -0.403. The zero-order valence-electron chi connectivity index (χ0n) is 15.2. The lowest BCUT2D eigenvalue weighted by molar-refractivity contribution is -0.122. The molecule has 2 amide bonds. The molecule has 2 heterocycles. The van der Waals surface area contributed by atoms with Gasteiger partial charge < -0.3 is 15.2 Å². The molecular weight excluding hydrogens is 348 g/mol. The Labute approximate surface area is 157 Å². The van der Waals surface area contributed by atoms with Gasteiger partial charge >= 0.3 is 0 Å². The van der Waals surface area contributed by atoms with E-state index in [1.165, 1.54) is 0 Å². The topological polar surface area (TPSA) is 71.6 Å². The van der Waals surface area contributed by atoms with E-state index in [0.717, 1.165) is 28.5 Å². The Balaban J connectivity index is 2.19. The molecule has 1 aliphatic heterocycles. The van der Waals surface area contributed by atoms with Gasteiger partial charge in [-0.25, -0.2) is 0 Å². The van der Waals surface area contributed by atoms with E-state index in [9.17, 15) is 9.59 Å². The number of primary amides is 1. The molecule has 1 saturated heterocycles. The Hall–Kier alpha value is -2.67. The smallest absolute Gasteiger partial charge is 0.276 e. The number of thiocarbonyl (C=S) groups is 1. The lowest BCUT2D eigenvalue weighted by Gasteiger charge is -2.13. The summed E-state index contributed by atoms with van der Waals surface area (Å²) in [4.78, 5) is 27.4. The number of aromatic nitrogens is 1. The van der Waals surface area contributed by atoms with Crippen LogP contribution in [0.3, 0.4) is 0 Å². The van der Waals surface area contributed by atoms with Crippen LogP contribution in [-0.4, -0.2) is 44.9 Å². The van der Waals surface area contributed by atoms with Crippen LogP contribution in [0.4, 0.5) is 0 Å². The fourth-order valence-electron chi connectivity index (χ4n) is 3.40. The van der Waals surface area contributed by atoms with E-state index < -0.39 is 5.91 Å². The minimum Gasteiger partial charge on any atom is -0.368 e. The number of nitrogens with two attached hydrogens (primary N) is 1. The van der Waals surface area contributed by atoms with Crippen molar-refractivity contribution < 1.29 is 9.59 Å². The fraction of sp³-hybridized carbons (Fsp3) is 0.316. The van der Waals surface area contributed by atoms with Crippen molar-refractivity contribution in [2.45, 2.75) is 26.8 Å². The highest BCUT2D eigenvalue weighted by atomic mass is 32.1. The number of carbonyl (C=O) groups is 2. The van der Waals surface area contributed by atoms with Gasteiger partial charge in [0.2, 0.25) is 5.91 Å². The Morgan fingerprint density at radius 2 is 2.04 bits per heavy atom. The van der Waals surface area contributed by atoms with Gasteiger partial charge in [0.05, 0.1) is 5.52 Å². The fourth-order valence-corrected chi connectivity index (χ4v) is 3.71. The van der Waals surface area contributed by atoms with Gasteiger partial charge in [0.15, 0.2) is 5.11 Å². The maximum Gasteiger partial charge on any atom is 0.276 e. The van der Waals surface area contributed by atoms with Crippen molar-refractivity contribution in [3.63, 3.8) is 0 Å². The number of likely N-dealkylation sites (N-methyl/N-ethyl adjacent to an activating group) is 2. The van der Waals surface area contributed by atoms with Crippen LogP contribution in [0, 0.1) is 0 Å². The highest BCUT2D eigenvalue weighted by Gasteiger charge is 2.34. The molecule has 0 radical (unpaired) electrons. The van der Waals surface area contributed by atoms with Gasteiger partial charge in [-0.3, -0.25) is 14.5 Å². The van der Waals surface area contributed by atoms with Crippen molar-refractivity contribution in [3.05, 3.63) is 41.2 Å². The van der Waals surface area contributed by atoms with E-state index in [4.69, 9.17) is 18.0 Å². The molecule has 0 unspecified atom stereocenters. The third-order valence-corrected chi connectivity index (χ3v) is 5.17. The van der Waals surface area contributed by atoms with Gasteiger partial charge in [-0.1, -0.05) is 25.1 Å². The molecule has 7 heteroatoms. The van der Waals surface area contributed by atoms with Crippen LogP contribution in [0.1, 0.15) is 25.0 Å². The number of para-hydroxylation sites is 1. The van der Waals surface area contributed by atoms with E-state index >= 15 is 0 Å². The zero-order valence-corrected chi connectivity index (χ0v) is 16.0. The molecule has 2 N–H and O–H groups in total. The molecule has 0 saturated carbocycles. The van der Waals surface area contributed by atoms with E-state index in [-0.39, 0.29) is 12.5 Å². The normalized spacial score (nSPS) is 16.3. The number of hydrogen-bond donors (Lipinski definition) is 1. The minimum absolute atomic E-state index is 0.0972. The molecule has 0 bridgehead atoms. The largest absolute Gasteiger partial charge is 0.368 e. The zero-order chi connectivity index (χ0) is 19.0. The van der Waals surface area contributed by atoms with Crippen molar-refractivity contribution in [2.24, 2.45) is 5.73 Å². The predicted octanol–water partition coefficient (Wildman–Crippen LogP) is 2.11. The molecule has 136 valence electrons. The van der Waals surface area contributed by atoms with Crippen molar-refractivity contribution in [1.82, 2.24) is 14.4 Å². The molecule has 1 aromatic heterocycles. The predicted molar refractivity (Wildman–Crippen MR) is 106 cm³/mol. The third-order valence-electron chi connectivity index (χ3n) is 4.67. The molecule has 26 heavy (non-hydrogen) atoms. The summed E-state index contributed by atoms with van der Waals surface area (Å²) < 4.78 is 1.86. The second-order valence-corrected chi connectivity index (χ2v) is 6.63. The summed E-state index contributed by atoms with van der Waals surface area (Å²) in [5.41, 5.74) is 8.92. The Morgan fingerprint density at radius 3 is 2.62 bits per heavy atom. The Bertz CT molecular complexity index is 944. The lowest BCUT2D eigenvalue weighted by atomic mass is 10.1. The van der Waals surface area contributed by atoms with Gasteiger partial charge in [0, 0.05) is 30.7 Å². The van der Waals surface area contributed by atoms with Crippen molar-refractivity contribution in [2.75, 3.05) is 13.6 Å². The van der Waals surface area contributed by atoms with E-state index in [2.05, 4.69) is 6.92 Å². The van der Waals surface area contributed by atoms with E-state index in [1.54, 1.807) is 16.8 Å². The Kier molecular flexibility index (Phi) is 4.82. The summed E-state index contributed by atoms with van der Waals surface area (Å²) in [6.07, 6.45) is 4.55. The van der Waals surface area contributed by atoms with Gasteiger partial charge in [-0.2, -0.15) is 0 Å². The van der Waals surface area contributed by atoms with Crippen LogP contribution in [0.25, 0.3) is 17.0 Å². The standard InChI is InChI=1S/C19H22N4O2S/c1-4-12-7-6-8-14-13(10-22(17(12)14)11-16(20)24)9-15-18(25)23(5-2)19(26)21(15)3/h6-10H,4-5,11H2,1-3H3,(H2,20,24). The second-order valence-electron chi connectivity index (χ2n) is 6.27. The van der Waals surface area contributed by atoms with Crippen LogP contribution in [0.2, 0.25) is 0 Å². The molecule has 0 atom stereocenters. The Morgan fingerprint density at radius 1 is 1.31 bits per heavy atom. The maximum absolute atomic E-state index is 12.7. The first-order chi connectivity index (χ1) is 12.4. The summed E-state index contributed by atoms with van der Waals surface area (Å²) in [7, 11) is 1.79. The SMILES string of the molecule is CCc1cccc2c(C=C3C(=O)N(CC)C(=S)N3C)cn(CC(N)=O)c12. The average molecular weight is 370 g/mol. The van der Waals surface area contributed by atoms with Gasteiger partial charge in [-0.15, -0.1) is 0 Å². The molecule has 1 aromatic carbocycles. The van der Waals surface area contributed by atoms with Crippen LogP contribution in [0.5, 0.6) is 0 Å². The number of fused-ring (bicyclic) bond motifs is 1. The van der Waals surface area contributed by atoms with Crippen LogP contribution in [0.15, 0.2) is 30.1 Å². The summed E-state index contributed by atoms with van der Waals surface area (Å²) in [5, 5.41) is 1.49. The lowest BCUT2D eigenvalue weighted by Crippen LogP contribution is -2.30.